The van der Waals surface area contributed by atoms with Crippen molar-refractivity contribution in [3.8, 4) is 0 Å². The van der Waals surface area contributed by atoms with E-state index >= 15 is 0 Å². The minimum Gasteiger partial charge on any atom is -0.369 e. The van der Waals surface area contributed by atoms with Crippen LogP contribution in [0.25, 0.3) is 0 Å². The summed E-state index contributed by atoms with van der Waals surface area (Å²) in [6.45, 7) is 2.15. The van der Waals surface area contributed by atoms with Crippen molar-refractivity contribution in [2.24, 2.45) is 0 Å². The third kappa shape index (κ3) is 4.22. The van der Waals surface area contributed by atoms with E-state index in [-0.39, 0.29) is 17.9 Å². The van der Waals surface area contributed by atoms with Crippen LogP contribution in [0.1, 0.15) is 15.9 Å². The summed E-state index contributed by atoms with van der Waals surface area (Å²) in [4.78, 5) is 16.0. The third-order valence-corrected chi connectivity index (χ3v) is 4.45. The van der Waals surface area contributed by atoms with Crippen LogP contribution >= 0.6 is 0 Å². The maximum absolute atomic E-state index is 13.7. The van der Waals surface area contributed by atoms with E-state index in [2.05, 4.69) is 0 Å². The van der Waals surface area contributed by atoms with Crippen LogP contribution in [0.15, 0.2) is 48.5 Å². The van der Waals surface area contributed by atoms with E-state index in [0.717, 1.165) is 12.1 Å². The van der Waals surface area contributed by atoms with Gasteiger partial charge in [-0.25, -0.2) is 4.39 Å². The smallest absolute Gasteiger partial charge is 0.369 e. The highest BCUT2D eigenvalue weighted by atomic mass is 19.4. The van der Waals surface area contributed by atoms with Crippen molar-refractivity contribution in [1.82, 2.24) is 4.90 Å². The van der Waals surface area contributed by atoms with E-state index in [4.69, 9.17) is 0 Å². The number of rotatable bonds is 4. The molecule has 0 bridgehead atoms. The number of alkyl halides is 3. The van der Waals surface area contributed by atoms with Gasteiger partial charge in [-0.05, 0) is 30.3 Å². The van der Waals surface area contributed by atoms with Crippen molar-refractivity contribution in [2.45, 2.75) is 6.18 Å². The molecule has 1 aliphatic heterocycles. The number of piperazine rings is 1. The van der Waals surface area contributed by atoms with Gasteiger partial charge in [0, 0.05) is 31.9 Å². The van der Waals surface area contributed by atoms with Crippen molar-refractivity contribution < 1.29 is 22.4 Å². The minimum atomic E-state index is -4.37. The standard InChI is InChI=1S/C19H18F4N2O/c20-17-7-2-1-6-16(17)18(26)13-24-8-10-25(11-9-24)15-5-3-4-14(12-15)19(21,22)23/h1-7,12H,8-11,13H2. The number of Topliss-reactive ketones (excluding diaryl/α,β-unsaturated/α-hetero) is 1. The molecule has 0 aliphatic carbocycles. The molecule has 0 radical (unpaired) electrons. The molecule has 0 unspecified atom stereocenters. The Morgan fingerprint density at radius 3 is 2.31 bits per heavy atom. The summed E-state index contributed by atoms with van der Waals surface area (Å²) in [5, 5.41) is 0. The van der Waals surface area contributed by atoms with Crippen molar-refractivity contribution in [3.05, 3.63) is 65.5 Å². The number of carbonyl (C=O) groups is 1. The quantitative estimate of drug-likeness (QED) is 0.607. The molecule has 7 heteroatoms. The second kappa shape index (κ2) is 7.45. The average molecular weight is 366 g/mol. The molecule has 0 spiro atoms. The Morgan fingerprint density at radius 1 is 0.962 bits per heavy atom. The molecule has 0 atom stereocenters. The SMILES string of the molecule is O=C(CN1CCN(c2cccc(C(F)(F)F)c2)CC1)c1ccccc1F. The average Bonchev–Trinajstić information content (AvgIpc) is 2.62. The van der Waals surface area contributed by atoms with Crippen LogP contribution in [-0.4, -0.2) is 43.4 Å². The number of halogens is 4. The number of anilines is 1. The summed E-state index contributed by atoms with van der Waals surface area (Å²) in [5.41, 5.74) is -0.0973. The molecule has 0 saturated carbocycles. The van der Waals surface area contributed by atoms with E-state index < -0.39 is 17.6 Å². The molecule has 3 nitrogen and oxygen atoms in total. The van der Waals surface area contributed by atoms with Crippen LogP contribution in [0.3, 0.4) is 0 Å². The molecule has 2 aromatic carbocycles. The van der Waals surface area contributed by atoms with Crippen LogP contribution in [0.4, 0.5) is 23.2 Å². The first kappa shape index (κ1) is 18.4. The summed E-state index contributed by atoms with van der Waals surface area (Å²) in [5.74, 6) is -0.837. The molecule has 26 heavy (non-hydrogen) atoms. The van der Waals surface area contributed by atoms with Crippen LogP contribution in [0.5, 0.6) is 0 Å². The highest BCUT2D eigenvalue weighted by Gasteiger charge is 2.31. The lowest BCUT2D eigenvalue weighted by Crippen LogP contribution is -2.48. The maximum Gasteiger partial charge on any atom is 0.416 e. The Balaban J connectivity index is 1.60. The molecule has 2 aromatic rings. The van der Waals surface area contributed by atoms with Gasteiger partial charge in [0.05, 0.1) is 17.7 Å². The molecule has 3 rings (SSSR count). The second-order valence-corrected chi connectivity index (χ2v) is 6.21. The van der Waals surface area contributed by atoms with E-state index in [9.17, 15) is 22.4 Å². The first-order valence-corrected chi connectivity index (χ1v) is 8.27. The van der Waals surface area contributed by atoms with Gasteiger partial charge in [-0.2, -0.15) is 13.2 Å². The first-order valence-electron chi connectivity index (χ1n) is 8.27. The third-order valence-electron chi connectivity index (χ3n) is 4.45. The Kier molecular flexibility index (Phi) is 5.27. The lowest BCUT2D eigenvalue weighted by atomic mass is 10.1. The van der Waals surface area contributed by atoms with Gasteiger partial charge in [-0.15, -0.1) is 0 Å². The number of hydrogen-bond acceptors (Lipinski definition) is 3. The summed E-state index contributed by atoms with van der Waals surface area (Å²) < 4.78 is 52.2. The molecule has 1 aliphatic rings. The number of benzene rings is 2. The second-order valence-electron chi connectivity index (χ2n) is 6.21. The number of carbonyl (C=O) groups excluding carboxylic acids is 1. The zero-order chi connectivity index (χ0) is 18.7. The molecule has 0 N–H and O–H groups in total. The highest BCUT2D eigenvalue weighted by molar-refractivity contribution is 5.97. The molecule has 0 amide bonds. The van der Waals surface area contributed by atoms with E-state index in [1.807, 2.05) is 9.80 Å². The van der Waals surface area contributed by atoms with Gasteiger partial charge in [-0.3, -0.25) is 9.69 Å². The summed E-state index contributed by atoms with van der Waals surface area (Å²) >= 11 is 0. The minimum absolute atomic E-state index is 0.0628. The van der Waals surface area contributed by atoms with E-state index in [1.165, 1.54) is 24.3 Å². The topological polar surface area (TPSA) is 23.6 Å². The molecule has 1 fully saturated rings. The predicted molar refractivity (Wildman–Crippen MR) is 90.8 cm³/mol. The fraction of sp³-hybridized carbons (Fsp3) is 0.316. The number of hydrogen-bond donors (Lipinski definition) is 0. The van der Waals surface area contributed by atoms with Gasteiger partial charge in [-0.1, -0.05) is 18.2 Å². The van der Waals surface area contributed by atoms with Gasteiger partial charge in [0.15, 0.2) is 5.78 Å². The van der Waals surface area contributed by atoms with E-state index in [0.29, 0.717) is 31.9 Å². The summed E-state index contributed by atoms with van der Waals surface area (Å²) in [7, 11) is 0. The Bertz CT molecular complexity index is 783. The Morgan fingerprint density at radius 2 is 1.65 bits per heavy atom. The van der Waals surface area contributed by atoms with Crippen molar-refractivity contribution in [3.63, 3.8) is 0 Å². The van der Waals surface area contributed by atoms with E-state index in [1.54, 1.807) is 12.1 Å². The van der Waals surface area contributed by atoms with Crippen LogP contribution in [-0.2, 0) is 6.18 Å². The maximum atomic E-state index is 13.7. The summed E-state index contributed by atoms with van der Waals surface area (Å²) in [6, 6.07) is 11.1. The predicted octanol–water partition coefficient (Wildman–Crippen LogP) is 3.85. The lowest BCUT2D eigenvalue weighted by Gasteiger charge is -2.36. The molecule has 0 aromatic heterocycles. The van der Waals surface area contributed by atoms with Gasteiger partial charge in [0.2, 0.25) is 0 Å². The molecule has 1 saturated heterocycles. The van der Waals surface area contributed by atoms with Crippen LogP contribution < -0.4 is 4.90 Å². The zero-order valence-corrected chi connectivity index (χ0v) is 14.0. The lowest BCUT2D eigenvalue weighted by molar-refractivity contribution is -0.137. The Labute approximate surface area is 148 Å². The molecular weight excluding hydrogens is 348 g/mol. The summed E-state index contributed by atoms with van der Waals surface area (Å²) in [6.07, 6.45) is -4.37. The van der Waals surface area contributed by atoms with Crippen LogP contribution in [0, 0.1) is 5.82 Å². The fourth-order valence-corrected chi connectivity index (χ4v) is 3.02. The zero-order valence-electron chi connectivity index (χ0n) is 14.0. The number of nitrogens with zero attached hydrogens (tertiary/aromatic N) is 2. The molecular formula is C19H18F4N2O. The first-order chi connectivity index (χ1) is 12.3. The number of ketones is 1. The molecule has 138 valence electrons. The van der Waals surface area contributed by atoms with Gasteiger partial charge in [0.1, 0.15) is 5.82 Å². The fourth-order valence-electron chi connectivity index (χ4n) is 3.02. The molecule has 1 heterocycles. The van der Waals surface area contributed by atoms with Crippen molar-refractivity contribution >= 4 is 11.5 Å². The largest absolute Gasteiger partial charge is 0.416 e. The Hall–Kier alpha value is -2.41. The normalized spacial score (nSPS) is 15.9. The van der Waals surface area contributed by atoms with Gasteiger partial charge in [0.25, 0.3) is 0 Å². The van der Waals surface area contributed by atoms with Gasteiger partial charge < -0.3 is 4.90 Å². The van der Waals surface area contributed by atoms with Crippen molar-refractivity contribution in [2.75, 3.05) is 37.6 Å². The highest BCUT2D eigenvalue weighted by Crippen LogP contribution is 2.31. The van der Waals surface area contributed by atoms with Crippen LogP contribution in [0.2, 0.25) is 0 Å². The monoisotopic (exact) mass is 366 g/mol. The van der Waals surface area contributed by atoms with Gasteiger partial charge >= 0.3 is 6.18 Å². The van der Waals surface area contributed by atoms with Crippen molar-refractivity contribution in [1.29, 1.82) is 0 Å².